The van der Waals surface area contributed by atoms with Crippen LogP contribution in [0.5, 0.6) is 5.75 Å². The molecule has 0 heterocycles. The molecule has 0 saturated heterocycles. The normalized spacial score (nSPS) is 16.4. The fourth-order valence-electron chi connectivity index (χ4n) is 2.50. The lowest BCUT2D eigenvalue weighted by Gasteiger charge is -2.20. The molecular formula is C15H21N3O3. The molecular weight excluding hydrogens is 270 g/mol. The van der Waals surface area contributed by atoms with Gasteiger partial charge in [0.15, 0.2) is 11.9 Å². The van der Waals surface area contributed by atoms with E-state index in [9.17, 15) is 9.59 Å². The number of para-hydroxylation sites is 1. The third-order valence-corrected chi connectivity index (χ3v) is 3.68. The van der Waals surface area contributed by atoms with Gasteiger partial charge in [-0.1, -0.05) is 18.9 Å². The van der Waals surface area contributed by atoms with E-state index in [1.807, 2.05) is 0 Å². The molecule has 1 aliphatic carbocycles. The Bertz CT molecular complexity index is 539. The second kappa shape index (κ2) is 6.47. The minimum absolute atomic E-state index is 0.166. The second-order valence-electron chi connectivity index (χ2n) is 5.34. The second-order valence-corrected chi connectivity index (χ2v) is 5.34. The number of rotatable bonds is 5. The van der Waals surface area contributed by atoms with E-state index in [2.05, 4.69) is 5.32 Å². The smallest absolute Gasteiger partial charge is 0.260 e. The largest absolute Gasteiger partial charge is 0.478 e. The van der Waals surface area contributed by atoms with E-state index in [0.29, 0.717) is 0 Å². The van der Waals surface area contributed by atoms with Gasteiger partial charge < -0.3 is 21.5 Å². The van der Waals surface area contributed by atoms with Gasteiger partial charge in [-0.15, -0.1) is 0 Å². The number of primary amides is 1. The Morgan fingerprint density at radius 3 is 2.62 bits per heavy atom. The first kappa shape index (κ1) is 15.2. The van der Waals surface area contributed by atoms with E-state index >= 15 is 0 Å². The standard InChI is InChI=1S/C15H21N3O3/c1-9(15(20)18-10-5-2-3-6-10)21-13-11(14(17)19)7-4-8-12(13)16/h4,7-10H,2-3,5-6,16H2,1H3,(H2,17,19)(H,18,20). The van der Waals surface area contributed by atoms with Gasteiger partial charge in [0.1, 0.15) is 0 Å². The summed E-state index contributed by atoms with van der Waals surface area (Å²) in [6.45, 7) is 1.63. The number of nitrogens with one attached hydrogen (secondary N) is 1. The summed E-state index contributed by atoms with van der Waals surface area (Å²) in [5.74, 6) is -0.680. The number of anilines is 1. The number of hydrogen-bond acceptors (Lipinski definition) is 4. The number of nitrogens with two attached hydrogens (primary N) is 2. The molecule has 1 aliphatic rings. The summed E-state index contributed by atoms with van der Waals surface area (Å²) >= 11 is 0. The van der Waals surface area contributed by atoms with Crippen molar-refractivity contribution in [1.82, 2.24) is 5.32 Å². The molecule has 114 valence electrons. The molecule has 6 heteroatoms. The van der Waals surface area contributed by atoms with Crippen molar-refractivity contribution in [2.45, 2.75) is 44.8 Å². The Hall–Kier alpha value is -2.24. The van der Waals surface area contributed by atoms with Crippen molar-refractivity contribution in [3.63, 3.8) is 0 Å². The third-order valence-electron chi connectivity index (χ3n) is 3.68. The molecule has 2 rings (SSSR count). The van der Waals surface area contributed by atoms with Crippen LogP contribution in [0.1, 0.15) is 43.0 Å². The fraction of sp³-hybridized carbons (Fsp3) is 0.467. The molecule has 1 fully saturated rings. The molecule has 2 amide bonds. The number of hydrogen-bond donors (Lipinski definition) is 3. The monoisotopic (exact) mass is 291 g/mol. The molecule has 0 aromatic heterocycles. The molecule has 6 nitrogen and oxygen atoms in total. The van der Waals surface area contributed by atoms with Crippen LogP contribution in [-0.2, 0) is 4.79 Å². The van der Waals surface area contributed by atoms with Gasteiger partial charge in [-0.3, -0.25) is 9.59 Å². The molecule has 1 aromatic carbocycles. The van der Waals surface area contributed by atoms with Crippen molar-refractivity contribution in [3.05, 3.63) is 23.8 Å². The van der Waals surface area contributed by atoms with Crippen LogP contribution in [0, 0.1) is 0 Å². The number of benzene rings is 1. The topological polar surface area (TPSA) is 107 Å². The van der Waals surface area contributed by atoms with Crippen LogP contribution in [0.25, 0.3) is 0 Å². The Morgan fingerprint density at radius 1 is 1.33 bits per heavy atom. The predicted molar refractivity (Wildman–Crippen MR) is 79.9 cm³/mol. The Labute approximate surface area is 123 Å². The summed E-state index contributed by atoms with van der Waals surface area (Å²) in [5, 5.41) is 2.95. The summed E-state index contributed by atoms with van der Waals surface area (Å²) in [6, 6.07) is 4.96. The zero-order chi connectivity index (χ0) is 15.4. The van der Waals surface area contributed by atoms with E-state index < -0.39 is 12.0 Å². The Balaban J connectivity index is 2.06. The molecule has 0 bridgehead atoms. The van der Waals surface area contributed by atoms with E-state index in [1.165, 1.54) is 6.07 Å². The Kier molecular flexibility index (Phi) is 4.67. The third kappa shape index (κ3) is 3.65. The van der Waals surface area contributed by atoms with Gasteiger partial charge in [0, 0.05) is 6.04 Å². The van der Waals surface area contributed by atoms with Crippen LogP contribution in [0.4, 0.5) is 5.69 Å². The number of amides is 2. The first-order valence-corrected chi connectivity index (χ1v) is 7.14. The average molecular weight is 291 g/mol. The molecule has 0 aliphatic heterocycles. The molecule has 1 aromatic rings. The molecule has 1 unspecified atom stereocenters. The van der Waals surface area contributed by atoms with Crippen molar-refractivity contribution < 1.29 is 14.3 Å². The lowest BCUT2D eigenvalue weighted by Crippen LogP contribution is -2.41. The number of carbonyl (C=O) groups is 2. The van der Waals surface area contributed by atoms with Crippen molar-refractivity contribution in [2.75, 3.05) is 5.73 Å². The van der Waals surface area contributed by atoms with Crippen molar-refractivity contribution >= 4 is 17.5 Å². The minimum Gasteiger partial charge on any atom is -0.478 e. The van der Waals surface area contributed by atoms with Crippen molar-refractivity contribution in [2.24, 2.45) is 5.73 Å². The van der Waals surface area contributed by atoms with Crippen LogP contribution in [0.3, 0.4) is 0 Å². The highest BCUT2D eigenvalue weighted by molar-refractivity contribution is 5.97. The van der Waals surface area contributed by atoms with Gasteiger partial charge in [-0.05, 0) is 31.9 Å². The van der Waals surface area contributed by atoms with E-state index in [-0.39, 0.29) is 28.9 Å². The van der Waals surface area contributed by atoms with Gasteiger partial charge in [0.2, 0.25) is 0 Å². The zero-order valence-corrected chi connectivity index (χ0v) is 12.1. The van der Waals surface area contributed by atoms with Crippen LogP contribution in [0.15, 0.2) is 18.2 Å². The molecule has 1 saturated carbocycles. The molecule has 0 spiro atoms. The highest BCUT2D eigenvalue weighted by atomic mass is 16.5. The molecule has 0 radical (unpaired) electrons. The minimum atomic E-state index is -0.742. The van der Waals surface area contributed by atoms with Crippen LogP contribution in [0.2, 0.25) is 0 Å². The summed E-state index contributed by atoms with van der Waals surface area (Å²) < 4.78 is 5.57. The lowest BCUT2D eigenvalue weighted by molar-refractivity contribution is -0.127. The van der Waals surface area contributed by atoms with Crippen LogP contribution < -0.4 is 21.5 Å². The van der Waals surface area contributed by atoms with Crippen LogP contribution >= 0.6 is 0 Å². The first-order chi connectivity index (χ1) is 9.99. The number of ether oxygens (including phenoxy) is 1. The Morgan fingerprint density at radius 2 is 2.00 bits per heavy atom. The maximum Gasteiger partial charge on any atom is 0.260 e. The summed E-state index contributed by atoms with van der Waals surface area (Å²) in [7, 11) is 0. The maximum absolute atomic E-state index is 12.1. The lowest BCUT2D eigenvalue weighted by atomic mass is 10.1. The SMILES string of the molecule is CC(Oc1c(N)cccc1C(N)=O)C(=O)NC1CCCC1. The van der Waals surface area contributed by atoms with Gasteiger partial charge in [0.25, 0.3) is 11.8 Å². The van der Waals surface area contributed by atoms with E-state index in [1.54, 1.807) is 19.1 Å². The summed E-state index contributed by atoms with van der Waals surface area (Å²) in [4.78, 5) is 23.5. The quantitative estimate of drug-likeness (QED) is 0.708. The van der Waals surface area contributed by atoms with Crippen molar-refractivity contribution in [3.8, 4) is 5.75 Å². The fourth-order valence-corrected chi connectivity index (χ4v) is 2.50. The summed E-state index contributed by atoms with van der Waals surface area (Å²) in [6.07, 6.45) is 3.53. The van der Waals surface area contributed by atoms with Gasteiger partial charge in [0.05, 0.1) is 11.3 Å². The van der Waals surface area contributed by atoms with Gasteiger partial charge in [-0.2, -0.15) is 0 Å². The summed E-state index contributed by atoms with van der Waals surface area (Å²) in [5.41, 5.74) is 11.6. The molecule has 1 atom stereocenters. The predicted octanol–water partition coefficient (Wildman–Crippen LogP) is 1.19. The average Bonchev–Trinajstić information content (AvgIpc) is 2.93. The highest BCUT2D eigenvalue weighted by Crippen LogP contribution is 2.27. The molecule has 21 heavy (non-hydrogen) atoms. The highest BCUT2D eigenvalue weighted by Gasteiger charge is 2.23. The number of nitrogen functional groups attached to an aromatic ring is 1. The first-order valence-electron chi connectivity index (χ1n) is 7.14. The molecule has 5 N–H and O–H groups in total. The van der Waals surface area contributed by atoms with Crippen molar-refractivity contribution in [1.29, 1.82) is 0 Å². The van der Waals surface area contributed by atoms with E-state index in [0.717, 1.165) is 25.7 Å². The maximum atomic E-state index is 12.1. The van der Waals surface area contributed by atoms with E-state index in [4.69, 9.17) is 16.2 Å². The number of carbonyl (C=O) groups excluding carboxylic acids is 2. The van der Waals surface area contributed by atoms with Gasteiger partial charge >= 0.3 is 0 Å². The van der Waals surface area contributed by atoms with Gasteiger partial charge in [-0.25, -0.2) is 0 Å². The van der Waals surface area contributed by atoms with Crippen LogP contribution in [-0.4, -0.2) is 24.0 Å². The zero-order valence-electron chi connectivity index (χ0n) is 12.1.